The van der Waals surface area contributed by atoms with Crippen molar-refractivity contribution in [3.8, 4) is 22.8 Å². The highest BCUT2D eigenvalue weighted by molar-refractivity contribution is 6.36. The summed E-state index contributed by atoms with van der Waals surface area (Å²) in [5.41, 5.74) is 2.55. The molecule has 1 aromatic heterocycles. The van der Waals surface area contributed by atoms with Crippen LogP contribution in [-0.4, -0.2) is 51.4 Å². The molecule has 0 aliphatic rings. The van der Waals surface area contributed by atoms with Crippen LogP contribution in [0.5, 0.6) is 11.5 Å². The number of benzene rings is 3. The van der Waals surface area contributed by atoms with E-state index < -0.39 is 12.0 Å². The van der Waals surface area contributed by atoms with Crippen molar-refractivity contribution in [3.63, 3.8) is 0 Å². The summed E-state index contributed by atoms with van der Waals surface area (Å²) in [6.07, 6.45) is 5.24. The van der Waals surface area contributed by atoms with Gasteiger partial charge in [0.15, 0.2) is 0 Å². The largest absolute Gasteiger partial charge is 0.478 e. The minimum atomic E-state index is -1.00. The molecule has 0 spiro atoms. The molecule has 0 aliphatic heterocycles. The van der Waals surface area contributed by atoms with E-state index in [1.165, 1.54) is 17.0 Å². The number of halogens is 2. The van der Waals surface area contributed by atoms with Crippen molar-refractivity contribution in [1.82, 2.24) is 19.8 Å². The van der Waals surface area contributed by atoms with Crippen LogP contribution in [0.25, 0.3) is 11.3 Å². The summed E-state index contributed by atoms with van der Waals surface area (Å²) >= 11 is 12.7. The van der Waals surface area contributed by atoms with E-state index in [-0.39, 0.29) is 30.2 Å². The molecule has 0 radical (unpaired) electrons. The molecule has 0 bridgehead atoms. The van der Waals surface area contributed by atoms with Crippen molar-refractivity contribution in [2.75, 3.05) is 14.1 Å². The number of unbranched alkanes of at least 4 members (excludes halogenated alkanes) is 1. The molecule has 2 N–H and O–H groups in total. The van der Waals surface area contributed by atoms with Crippen molar-refractivity contribution in [2.24, 2.45) is 0 Å². The zero-order valence-corrected chi connectivity index (χ0v) is 27.6. The second kappa shape index (κ2) is 16.3. The van der Waals surface area contributed by atoms with Gasteiger partial charge in [0.2, 0.25) is 11.8 Å². The van der Waals surface area contributed by atoms with Crippen LogP contribution in [0, 0.1) is 0 Å². The second-order valence-electron chi connectivity index (χ2n) is 11.2. The van der Waals surface area contributed by atoms with Crippen LogP contribution in [-0.2, 0) is 22.6 Å². The molecule has 4 rings (SSSR count). The van der Waals surface area contributed by atoms with Gasteiger partial charge in [-0.3, -0.25) is 9.59 Å². The number of imidazole rings is 1. The van der Waals surface area contributed by atoms with Crippen LogP contribution >= 0.6 is 23.2 Å². The third-order valence-electron chi connectivity index (χ3n) is 7.41. The van der Waals surface area contributed by atoms with Gasteiger partial charge in [0.1, 0.15) is 17.3 Å². The zero-order chi connectivity index (χ0) is 33.2. The fourth-order valence-corrected chi connectivity index (χ4v) is 5.38. The monoisotopic (exact) mass is 664 g/mol. The molecule has 0 aliphatic carbocycles. The lowest BCUT2D eigenvalue weighted by Gasteiger charge is -2.20. The topological polar surface area (TPSA) is 114 Å². The van der Waals surface area contributed by atoms with Gasteiger partial charge in [-0.25, -0.2) is 9.78 Å². The average molecular weight is 666 g/mol. The van der Waals surface area contributed by atoms with E-state index >= 15 is 0 Å². The number of aryl methyl sites for hydroxylation is 1. The Labute approximate surface area is 279 Å². The van der Waals surface area contributed by atoms with Gasteiger partial charge in [0, 0.05) is 50.3 Å². The van der Waals surface area contributed by atoms with Crippen LogP contribution in [0.4, 0.5) is 0 Å². The number of amides is 2. The maximum absolute atomic E-state index is 13.2. The van der Waals surface area contributed by atoms with Crippen molar-refractivity contribution >= 4 is 41.0 Å². The Kier molecular flexibility index (Phi) is 12.2. The fraction of sp³-hybridized carbons (Fsp3) is 0.314. The first kappa shape index (κ1) is 34.5. The maximum Gasteiger partial charge on any atom is 0.335 e. The number of hydrogen-bond donors (Lipinski definition) is 2. The van der Waals surface area contributed by atoms with E-state index in [9.17, 15) is 14.4 Å². The van der Waals surface area contributed by atoms with Gasteiger partial charge in [0.25, 0.3) is 0 Å². The Bertz CT molecular complexity index is 1650. The number of aromatic nitrogens is 2. The number of carboxylic acids is 1. The summed E-state index contributed by atoms with van der Waals surface area (Å²) in [6, 6.07) is 18.5. The number of nitrogens with one attached hydrogen (secondary N) is 1. The molecule has 2 amide bonds. The summed E-state index contributed by atoms with van der Waals surface area (Å²) < 4.78 is 7.98. The minimum absolute atomic E-state index is 0.0240. The SMILES string of the molecule is CCCCn1cc(-c2ccc(Cl)cc2Cl)nc1[C@H](Cc1ccc(Oc2ccc(C(=O)O)cc2)cc1)NC(=O)CCCC(=O)N(C)C. The number of hydrogen-bond acceptors (Lipinski definition) is 5. The summed E-state index contributed by atoms with van der Waals surface area (Å²) in [7, 11) is 3.40. The van der Waals surface area contributed by atoms with Gasteiger partial charge in [-0.05, 0) is 79.4 Å². The number of carboxylic acid groups (broad SMARTS) is 1. The minimum Gasteiger partial charge on any atom is -0.478 e. The Morgan fingerprint density at radius 3 is 2.24 bits per heavy atom. The van der Waals surface area contributed by atoms with Crippen LogP contribution in [0.3, 0.4) is 0 Å². The normalized spacial score (nSPS) is 11.6. The first-order chi connectivity index (χ1) is 22.0. The Morgan fingerprint density at radius 1 is 0.957 bits per heavy atom. The number of rotatable bonds is 15. The Morgan fingerprint density at radius 2 is 1.63 bits per heavy atom. The molecule has 4 aromatic rings. The van der Waals surface area contributed by atoms with Crippen molar-refractivity contribution < 1.29 is 24.2 Å². The number of nitrogens with zero attached hydrogens (tertiary/aromatic N) is 3. The fourth-order valence-electron chi connectivity index (χ4n) is 4.87. The summed E-state index contributed by atoms with van der Waals surface area (Å²) in [5, 5.41) is 13.3. The quantitative estimate of drug-likeness (QED) is 0.134. The Hall–Kier alpha value is -4.34. The van der Waals surface area contributed by atoms with Crippen LogP contribution in [0.2, 0.25) is 10.0 Å². The highest BCUT2D eigenvalue weighted by Gasteiger charge is 2.23. The maximum atomic E-state index is 13.2. The van der Waals surface area contributed by atoms with Crippen LogP contribution in [0.1, 0.15) is 66.8 Å². The summed E-state index contributed by atoms with van der Waals surface area (Å²) in [6.45, 7) is 2.83. The number of ether oxygens (including phenoxy) is 1. The molecular weight excluding hydrogens is 627 g/mol. The van der Waals surface area contributed by atoms with E-state index in [0.29, 0.717) is 52.4 Å². The van der Waals surface area contributed by atoms with Crippen LogP contribution < -0.4 is 10.1 Å². The van der Waals surface area contributed by atoms with Gasteiger partial charge in [0.05, 0.1) is 22.3 Å². The standard InChI is InChI=1S/C35H38Cl2N4O5/c1-4-5-19-41-22-31(28-18-13-25(36)21-29(28)37)39-34(41)30(38-32(42)7-6-8-33(43)40(2)3)20-23-9-14-26(15-10-23)46-27-16-11-24(12-17-27)35(44)45/h9-18,21-22,30H,4-8,19-20H2,1-3H3,(H,38,42)(H,44,45)/t30-/m0/s1. The molecule has 9 nitrogen and oxygen atoms in total. The van der Waals surface area contributed by atoms with Gasteiger partial charge in [-0.1, -0.05) is 48.7 Å². The van der Waals surface area contributed by atoms with E-state index in [1.807, 2.05) is 36.5 Å². The Balaban J connectivity index is 1.60. The molecular formula is C35H38Cl2N4O5. The van der Waals surface area contributed by atoms with E-state index in [1.54, 1.807) is 38.4 Å². The number of aromatic carboxylic acids is 1. The van der Waals surface area contributed by atoms with E-state index in [4.69, 9.17) is 38.0 Å². The molecule has 46 heavy (non-hydrogen) atoms. The zero-order valence-electron chi connectivity index (χ0n) is 26.1. The van der Waals surface area contributed by atoms with Gasteiger partial charge in [-0.15, -0.1) is 0 Å². The van der Waals surface area contributed by atoms with Crippen molar-refractivity contribution in [3.05, 3.63) is 99.9 Å². The summed E-state index contributed by atoms with van der Waals surface area (Å²) in [5.74, 6) is 0.606. The molecule has 1 atom stereocenters. The highest BCUT2D eigenvalue weighted by Crippen LogP contribution is 2.32. The lowest BCUT2D eigenvalue weighted by atomic mass is 10.0. The smallest absolute Gasteiger partial charge is 0.335 e. The molecule has 0 unspecified atom stereocenters. The third-order valence-corrected chi connectivity index (χ3v) is 7.96. The molecule has 0 saturated carbocycles. The molecule has 1 heterocycles. The van der Waals surface area contributed by atoms with Crippen molar-refractivity contribution in [2.45, 2.75) is 58.0 Å². The number of carbonyl (C=O) groups is 3. The first-order valence-electron chi connectivity index (χ1n) is 15.2. The summed E-state index contributed by atoms with van der Waals surface area (Å²) in [4.78, 5) is 42.9. The van der Waals surface area contributed by atoms with E-state index in [0.717, 1.165) is 24.0 Å². The van der Waals surface area contributed by atoms with Gasteiger partial charge >= 0.3 is 5.97 Å². The number of carbonyl (C=O) groups excluding carboxylic acids is 2. The predicted molar refractivity (Wildman–Crippen MR) is 180 cm³/mol. The molecule has 11 heteroatoms. The van der Waals surface area contributed by atoms with Gasteiger partial charge < -0.3 is 24.6 Å². The molecule has 0 fully saturated rings. The average Bonchev–Trinajstić information content (AvgIpc) is 3.44. The highest BCUT2D eigenvalue weighted by atomic mass is 35.5. The molecule has 3 aromatic carbocycles. The molecule has 242 valence electrons. The lowest BCUT2D eigenvalue weighted by Crippen LogP contribution is -2.32. The molecule has 0 saturated heterocycles. The third kappa shape index (κ3) is 9.58. The van der Waals surface area contributed by atoms with Crippen LogP contribution in [0.15, 0.2) is 72.9 Å². The second-order valence-corrected chi connectivity index (χ2v) is 12.0. The van der Waals surface area contributed by atoms with Gasteiger partial charge in [-0.2, -0.15) is 0 Å². The van der Waals surface area contributed by atoms with E-state index in [2.05, 4.69) is 16.8 Å². The van der Waals surface area contributed by atoms with Crippen molar-refractivity contribution in [1.29, 1.82) is 0 Å². The predicted octanol–water partition coefficient (Wildman–Crippen LogP) is 7.81. The lowest BCUT2D eigenvalue weighted by molar-refractivity contribution is -0.129. The first-order valence-corrected chi connectivity index (χ1v) is 15.9.